The number of sulfonamides is 1. The zero-order chi connectivity index (χ0) is 25.7. The van der Waals surface area contributed by atoms with E-state index in [1.807, 2.05) is 12.1 Å². The number of aromatic nitrogens is 4. The molecule has 0 fully saturated rings. The van der Waals surface area contributed by atoms with Gasteiger partial charge >= 0.3 is 0 Å². The van der Waals surface area contributed by atoms with E-state index in [1.54, 1.807) is 56.7 Å². The number of aliphatic hydroxyl groups is 1. The summed E-state index contributed by atoms with van der Waals surface area (Å²) in [5.74, 6) is 0.357. The Morgan fingerprint density at radius 1 is 1.11 bits per heavy atom. The van der Waals surface area contributed by atoms with Crippen LogP contribution in [0, 0.1) is 0 Å². The van der Waals surface area contributed by atoms with Gasteiger partial charge in [-0.05, 0) is 37.6 Å². The fraction of sp³-hybridized carbons (Fsp3) is 0.250. The molecule has 0 aliphatic heterocycles. The van der Waals surface area contributed by atoms with Crippen molar-refractivity contribution < 1.29 is 13.5 Å². The number of nitrogens with zero attached hydrogens (tertiary/aromatic N) is 4. The van der Waals surface area contributed by atoms with Crippen LogP contribution in [-0.2, 0) is 10.0 Å². The molecule has 0 bridgehead atoms. The maximum absolute atomic E-state index is 12.4. The third kappa shape index (κ3) is 6.16. The maximum atomic E-state index is 12.4. The third-order valence-corrected chi connectivity index (χ3v) is 8.00. The van der Waals surface area contributed by atoms with Gasteiger partial charge < -0.3 is 10.4 Å². The molecule has 188 valence electrons. The number of thiazole rings is 1. The molecule has 1 atom stereocenters. The largest absolute Gasteiger partial charge is 0.392 e. The average Bonchev–Trinajstić information content (AvgIpc) is 3.30. The molecule has 12 heteroatoms. The van der Waals surface area contributed by atoms with Crippen LogP contribution < -0.4 is 10.0 Å². The summed E-state index contributed by atoms with van der Waals surface area (Å²) in [4.78, 5) is 18.5. The Balaban J connectivity index is 1.83. The molecule has 1 aromatic carbocycles. The van der Waals surface area contributed by atoms with Gasteiger partial charge in [0.2, 0.25) is 16.0 Å². The highest BCUT2D eigenvalue weighted by atomic mass is 35.5. The number of hydrogen-bond acceptors (Lipinski definition) is 9. The van der Waals surface area contributed by atoms with Gasteiger partial charge in [-0.1, -0.05) is 30.7 Å². The Kier molecular flexibility index (Phi) is 8.14. The van der Waals surface area contributed by atoms with Crippen molar-refractivity contribution in [3.8, 4) is 32.4 Å². The smallest absolute Gasteiger partial charge is 0.232 e. The topological polar surface area (TPSA) is 130 Å². The van der Waals surface area contributed by atoms with Crippen molar-refractivity contribution in [1.82, 2.24) is 19.9 Å². The Bertz CT molecular complexity index is 1450. The van der Waals surface area contributed by atoms with Crippen molar-refractivity contribution in [2.24, 2.45) is 0 Å². The van der Waals surface area contributed by atoms with Gasteiger partial charge in [-0.15, -0.1) is 11.3 Å². The first-order chi connectivity index (χ1) is 17.3. The Morgan fingerprint density at radius 2 is 1.89 bits per heavy atom. The molecule has 3 aromatic heterocycles. The van der Waals surface area contributed by atoms with Gasteiger partial charge in [0.05, 0.1) is 38.8 Å². The highest BCUT2D eigenvalue weighted by Crippen LogP contribution is 2.43. The molecular formula is C24H25ClN6O3S2. The van der Waals surface area contributed by atoms with E-state index in [0.29, 0.717) is 35.9 Å². The lowest BCUT2D eigenvalue weighted by Gasteiger charge is -2.12. The summed E-state index contributed by atoms with van der Waals surface area (Å²) in [6, 6.07) is 10.6. The molecule has 36 heavy (non-hydrogen) atoms. The van der Waals surface area contributed by atoms with Crippen molar-refractivity contribution >= 4 is 44.6 Å². The molecule has 4 aromatic rings. The molecule has 0 radical (unpaired) electrons. The lowest BCUT2D eigenvalue weighted by Crippen LogP contribution is -2.16. The number of rotatable bonds is 10. The lowest BCUT2D eigenvalue weighted by atomic mass is 10.1. The lowest BCUT2D eigenvalue weighted by molar-refractivity contribution is 0.208. The van der Waals surface area contributed by atoms with Crippen LogP contribution in [0.1, 0.15) is 20.3 Å². The summed E-state index contributed by atoms with van der Waals surface area (Å²) >= 11 is 8.16. The minimum absolute atomic E-state index is 0.00906. The average molecular weight is 545 g/mol. The second kappa shape index (κ2) is 11.3. The first-order valence-corrected chi connectivity index (χ1v) is 14.1. The van der Waals surface area contributed by atoms with E-state index in [0.717, 1.165) is 15.4 Å². The predicted octanol–water partition coefficient (Wildman–Crippen LogP) is 4.93. The Hall–Kier alpha value is -3.12. The van der Waals surface area contributed by atoms with E-state index in [2.05, 4.69) is 25.0 Å². The molecule has 0 amide bonds. The van der Waals surface area contributed by atoms with Crippen LogP contribution in [0.4, 0.5) is 11.6 Å². The molecule has 1 unspecified atom stereocenters. The van der Waals surface area contributed by atoms with E-state index in [-0.39, 0.29) is 16.5 Å². The Labute approximate surface area is 218 Å². The SMILES string of the molecule is CCCS(=O)(=O)Nc1cccc(-c2nc(-c3ccncc3)sc2-c2ccnc(NCC(C)O)n2)c1Cl. The molecule has 0 spiro atoms. The number of benzene rings is 1. The van der Waals surface area contributed by atoms with E-state index >= 15 is 0 Å². The fourth-order valence-electron chi connectivity index (χ4n) is 3.38. The fourth-order valence-corrected chi connectivity index (χ4v) is 5.90. The molecule has 0 saturated heterocycles. The minimum atomic E-state index is -3.53. The molecule has 0 saturated carbocycles. The van der Waals surface area contributed by atoms with Gasteiger partial charge in [-0.25, -0.2) is 23.4 Å². The van der Waals surface area contributed by atoms with Crippen molar-refractivity contribution in [2.45, 2.75) is 26.4 Å². The molecule has 4 rings (SSSR count). The van der Waals surface area contributed by atoms with Crippen molar-refractivity contribution in [3.05, 3.63) is 60.0 Å². The molecule has 0 aliphatic rings. The molecule has 9 nitrogen and oxygen atoms in total. The van der Waals surface area contributed by atoms with Crippen LogP contribution in [0.25, 0.3) is 32.4 Å². The van der Waals surface area contributed by atoms with Crippen molar-refractivity contribution in [2.75, 3.05) is 22.3 Å². The van der Waals surface area contributed by atoms with Gasteiger partial charge in [-0.2, -0.15) is 0 Å². The third-order valence-electron chi connectivity index (χ3n) is 4.99. The van der Waals surface area contributed by atoms with Crippen LogP contribution in [0.3, 0.4) is 0 Å². The minimum Gasteiger partial charge on any atom is -0.392 e. The van der Waals surface area contributed by atoms with Crippen LogP contribution in [-0.4, -0.2) is 51.9 Å². The zero-order valence-electron chi connectivity index (χ0n) is 19.6. The summed E-state index contributed by atoms with van der Waals surface area (Å²) < 4.78 is 27.4. The number of pyridine rings is 1. The number of aliphatic hydroxyl groups excluding tert-OH is 1. The highest BCUT2D eigenvalue weighted by molar-refractivity contribution is 7.92. The van der Waals surface area contributed by atoms with Crippen LogP contribution in [0.5, 0.6) is 0 Å². The van der Waals surface area contributed by atoms with E-state index < -0.39 is 16.1 Å². The Morgan fingerprint density at radius 3 is 2.61 bits per heavy atom. The van der Waals surface area contributed by atoms with Crippen molar-refractivity contribution in [3.63, 3.8) is 0 Å². The molecule has 3 N–H and O–H groups in total. The van der Waals surface area contributed by atoms with Crippen LogP contribution in [0.2, 0.25) is 5.02 Å². The van der Waals surface area contributed by atoms with Gasteiger partial charge in [-0.3, -0.25) is 9.71 Å². The van der Waals surface area contributed by atoms with E-state index in [4.69, 9.17) is 16.6 Å². The summed E-state index contributed by atoms with van der Waals surface area (Å²) in [6.45, 7) is 3.77. The van der Waals surface area contributed by atoms with Gasteiger partial charge in [0.15, 0.2) is 0 Å². The van der Waals surface area contributed by atoms with Crippen LogP contribution >= 0.6 is 22.9 Å². The normalized spacial score (nSPS) is 12.3. The summed E-state index contributed by atoms with van der Waals surface area (Å²) in [5, 5.41) is 13.6. The summed E-state index contributed by atoms with van der Waals surface area (Å²) in [5.41, 5.74) is 2.90. The molecular weight excluding hydrogens is 520 g/mol. The maximum Gasteiger partial charge on any atom is 0.232 e. The zero-order valence-corrected chi connectivity index (χ0v) is 22.0. The first kappa shape index (κ1) is 26.0. The van der Waals surface area contributed by atoms with Crippen LogP contribution in [0.15, 0.2) is 55.0 Å². The number of halogens is 1. The van der Waals surface area contributed by atoms with Gasteiger partial charge in [0.1, 0.15) is 5.01 Å². The van der Waals surface area contributed by atoms with E-state index in [9.17, 15) is 13.5 Å². The number of anilines is 2. The predicted molar refractivity (Wildman–Crippen MR) is 145 cm³/mol. The number of hydrogen-bond donors (Lipinski definition) is 3. The summed E-state index contributed by atoms with van der Waals surface area (Å²) in [7, 11) is -3.53. The highest BCUT2D eigenvalue weighted by Gasteiger charge is 2.22. The van der Waals surface area contributed by atoms with E-state index in [1.165, 1.54) is 11.3 Å². The standard InChI is InChI=1S/C24H25ClN6O3S2/c1-3-13-36(33,34)31-18-6-4-5-17(20(18)25)21-22(35-23(30-21)16-7-10-26-11-8-16)19-9-12-27-24(29-19)28-14-15(2)32/h4-12,15,31-32H,3,13-14H2,1-2H3,(H,27,28,29). The van der Waals surface area contributed by atoms with Gasteiger partial charge in [0, 0.05) is 36.3 Å². The number of nitrogens with one attached hydrogen (secondary N) is 2. The quantitative estimate of drug-likeness (QED) is 0.256. The van der Waals surface area contributed by atoms with Gasteiger partial charge in [0.25, 0.3) is 0 Å². The monoisotopic (exact) mass is 544 g/mol. The second-order valence-corrected chi connectivity index (χ2v) is 11.2. The first-order valence-electron chi connectivity index (χ1n) is 11.2. The molecule has 0 aliphatic carbocycles. The van der Waals surface area contributed by atoms with Crippen molar-refractivity contribution in [1.29, 1.82) is 0 Å². The summed E-state index contributed by atoms with van der Waals surface area (Å²) in [6.07, 6.45) is 4.92. The molecule has 3 heterocycles. The second-order valence-electron chi connectivity index (χ2n) is 8.02.